The fourth-order valence-corrected chi connectivity index (χ4v) is 6.27. The van der Waals surface area contributed by atoms with Crippen LogP contribution >= 0.6 is 11.8 Å². The van der Waals surface area contributed by atoms with Gasteiger partial charge in [-0.25, -0.2) is 0 Å². The molecule has 1 unspecified atom stereocenters. The van der Waals surface area contributed by atoms with Gasteiger partial charge in [-0.3, -0.25) is 4.79 Å². The third-order valence-electron chi connectivity index (χ3n) is 7.09. The summed E-state index contributed by atoms with van der Waals surface area (Å²) in [4.78, 5) is 12.5. The maximum atomic E-state index is 12.5. The molecule has 5 nitrogen and oxygen atoms in total. The van der Waals surface area contributed by atoms with E-state index in [2.05, 4.69) is 45.1 Å². The summed E-state index contributed by atoms with van der Waals surface area (Å²) in [5, 5.41) is 5.17. The summed E-state index contributed by atoms with van der Waals surface area (Å²) in [5.74, 6) is 1.80. The molecule has 6 heteroatoms. The number of hydrogen-bond donors (Lipinski definition) is 1. The third-order valence-corrected chi connectivity index (χ3v) is 8.44. The van der Waals surface area contributed by atoms with E-state index in [0.717, 1.165) is 71.8 Å². The van der Waals surface area contributed by atoms with Crippen LogP contribution in [0.3, 0.4) is 0 Å². The zero-order chi connectivity index (χ0) is 26.7. The lowest BCUT2D eigenvalue weighted by Gasteiger charge is -2.18. The highest BCUT2D eigenvalue weighted by molar-refractivity contribution is 8.04. The van der Waals surface area contributed by atoms with Crippen LogP contribution in [0.1, 0.15) is 81.7 Å². The van der Waals surface area contributed by atoms with Gasteiger partial charge in [0.15, 0.2) is 0 Å². The SMILES string of the molecule is CCCc1c(OCCCOc2ccc(C3SC(=C4CCC4)NC3=O)cc2)ccc2c(CC(C)(C)C)coc12. The van der Waals surface area contributed by atoms with E-state index in [1.54, 1.807) is 11.8 Å². The Balaban J connectivity index is 1.13. The minimum atomic E-state index is -0.172. The minimum absolute atomic E-state index is 0.0795. The summed E-state index contributed by atoms with van der Waals surface area (Å²) < 4.78 is 18.2. The molecule has 202 valence electrons. The number of benzene rings is 2. The number of hydrogen-bond acceptors (Lipinski definition) is 5. The summed E-state index contributed by atoms with van der Waals surface area (Å²) >= 11 is 1.65. The molecule has 1 aliphatic heterocycles. The molecule has 1 aliphatic carbocycles. The first kappa shape index (κ1) is 26.7. The van der Waals surface area contributed by atoms with Gasteiger partial charge >= 0.3 is 0 Å². The van der Waals surface area contributed by atoms with Gasteiger partial charge in [-0.05, 0) is 78.5 Å². The summed E-state index contributed by atoms with van der Waals surface area (Å²) in [6, 6.07) is 12.1. The van der Waals surface area contributed by atoms with Gasteiger partial charge in [0.1, 0.15) is 22.3 Å². The molecule has 1 saturated heterocycles. The first-order valence-electron chi connectivity index (χ1n) is 13.9. The summed E-state index contributed by atoms with van der Waals surface area (Å²) in [6.07, 6.45) is 9.09. The predicted molar refractivity (Wildman–Crippen MR) is 155 cm³/mol. The molecule has 0 radical (unpaired) electrons. The van der Waals surface area contributed by atoms with Gasteiger partial charge in [0.2, 0.25) is 5.91 Å². The van der Waals surface area contributed by atoms with Crippen LogP contribution in [0, 0.1) is 5.41 Å². The molecule has 0 bridgehead atoms. The first-order chi connectivity index (χ1) is 18.3. The fraction of sp³-hybridized carbons (Fsp3) is 0.469. The molecular weight excluding hydrogens is 494 g/mol. The monoisotopic (exact) mass is 533 g/mol. The van der Waals surface area contributed by atoms with Crippen LogP contribution in [0.2, 0.25) is 0 Å². The molecule has 2 heterocycles. The van der Waals surface area contributed by atoms with E-state index >= 15 is 0 Å². The van der Waals surface area contributed by atoms with Crippen LogP contribution in [0.15, 0.2) is 57.7 Å². The number of amides is 1. The van der Waals surface area contributed by atoms with Gasteiger partial charge in [0.05, 0.1) is 24.5 Å². The third kappa shape index (κ3) is 6.06. The fourth-order valence-electron chi connectivity index (χ4n) is 5.04. The number of rotatable bonds is 10. The summed E-state index contributed by atoms with van der Waals surface area (Å²) in [6.45, 7) is 10.1. The molecule has 38 heavy (non-hydrogen) atoms. The number of fused-ring (bicyclic) bond motifs is 1. The smallest absolute Gasteiger partial charge is 0.242 e. The van der Waals surface area contributed by atoms with E-state index in [-0.39, 0.29) is 16.6 Å². The largest absolute Gasteiger partial charge is 0.493 e. The quantitative estimate of drug-likeness (QED) is 0.267. The number of nitrogens with one attached hydrogen (secondary N) is 1. The zero-order valence-corrected chi connectivity index (χ0v) is 23.8. The maximum Gasteiger partial charge on any atom is 0.242 e. The summed E-state index contributed by atoms with van der Waals surface area (Å²) in [7, 11) is 0. The number of aryl methyl sites for hydroxylation is 1. The van der Waals surface area contributed by atoms with Crippen LogP contribution in [0.5, 0.6) is 11.5 Å². The number of carbonyl (C=O) groups is 1. The molecule has 2 aliphatic rings. The van der Waals surface area contributed by atoms with Crippen molar-refractivity contribution in [3.8, 4) is 11.5 Å². The molecule has 1 aromatic heterocycles. The normalized spacial score (nSPS) is 17.6. The Morgan fingerprint density at radius 1 is 1.05 bits per heavy atom. The Kier molecular flexibility index (Phi) is 8.08. The molecule has 3 aromatic rings. The molecule has 2 fully saturated rings. The molecule has 1 saturated carbocycles. The van der Waals surface area contributed by atoms with Crippen molar-refractivity contribution in [2.24, 2.45) is 5.41 Å². The van der Waals surface area contributed by atoms with Gasteiger partial charge in [-0.15, -0.1) is 0 Å². The molecule has 1 amide bonds. The van der Waals surface area contributed by atoms with Crippen molar-refractivity contribution in [1.29, 1.82) is 0 Å². The average Bonchev–Trinajstić information content (AvgIpc) is 3.41. The van der Waals surface area contributed by atoms with E-state index in [1.165, 1.54) is 22.9 Å². The summed E-state index contributed by atoms with van der Waals surface area (Å²) in [5.41, 5.74) is 6.00. The van der Waals surface area contributed by atoms with Crippen LogP contribution in [0.25, 0.3) is 11.0 Å². The zero-order valence-electron chi connectivity index (χ0n) is 23.0. The first-order valence-corrected chi connectivity index (χ1v) is 14.8. The van der Waals surface area contributed by atoms with E-state index < -0.39 is 0 Å². The minimum Gasteiger partial charge on any atom is -0.493 e. The van der Waals surface area contributed by atoms with Crippen LogP contribution in [-0.4, -0.2) is 19.1 Å². The molecular formula is C32H39NO4S. The van der Waals surface area contributed by atoms with Crippen LogP contribution in [0.4, 0.5) is 0 Å². The standard InChI is InChI=1S/C32H39NO4S/c1-5-8-26-27(16-15-25-23(19-32(2,3)4)20-37-28(25)26)36-18-7-17-35-24-13-11-21(12-14-24)29-30(34)33-31(38-29)22-9-6-10-22/h11-16,20,29H,5-10,17-19H2,1-4H3,(H,33,34). The van der Waals surface area contributed by atoms with E-state index in [4.69, 9.17) is 13.9 Å². The van der Waals surface area contributed by atoms with E-state index in [1.807, 2.05) is 30.5 Å². The van der Waals surface area contributed by atoms with Gasteiger partial charge in [-0.2, -0.15) is 0 Å². The van der Waals surface area contributed by atoms with Gasteiger partial charge < -0.3 is 19.2 Å². The van der Waals surface area contributed by atoms with E-state index in [0.29, 0.717) is 13.2 Å². The van der Waals surface area contributed by atoms with Crippen molar-refractivity contribution in [1.82, 2.24) is 5.32 Å². The Morgan fingerprint density at radius 3 is 2.50 bits per heavy atom. The van der Waals surface area contributed by atoms with Crippen molar-refractivity contribution in [2.75, 3.05) is 13.2 Å². The van der Waals surface area contributed by atoms with Gasteiger partial charge in [-0.1, -0.05) is 58.0 Å². The van der Waals surface area contributed by atoms with Gasteiger partial charge in [0, 0.05) is 17.4 Å². The average molecular weight is 534 g/mol. The Morgan fingerprint density at radius 2 is 1.82 bits per heavy atom. The van der Waals surface area contributed by atoms with Crippen LogP contribution < -0.4 is 14.8 Å². The molecule has 1 atom stereocenters. The van der Waals surface area contributed by atoms with Crippen molar-refractivity contribution in [2.45, 2.75) is 77.9 Å². The lowest BCUT2D eigenvalue weighted by molar-refractivity contribution is -0.119. The number of ether oxygens (including phenoxy) is 2. The second-order valence-corrected chi connectivity index (χ2v) is 12.7. The van der Waals surface area contributed by atoms with Crippen molar-refractivity contribution in [3.05, 3.63) is 70.0 Å². The second-order valence-electron chi connectivity index (χ2n) is 11.6. The highest BCUT2D eigenvalue weighted by atomic mass is 32.2. The van der Waals surface area contributed by atoms with Crippen LogP contribution in [-0.2, 0) is 17.6 Å². The second kappa shape index (κ2) is 11.5. The number of furan rings is 1. The highest BCUT2D eigenvalue weighted by Crippen LogP contribution is 2.44. The highest BCUT2D eigenvalue weighted by Gasteiger charge is 2.33. The van der Waals surface area contributed by atoms with Crippen molar-refractivity contribution >= 4 is 28.6 Å². The molecule has 1 N–H and O–H groups in total. The predicted octanol–water partition coefficient (Wildman–Crippen LogP) is 8.12. The lowest BCUT2D eigenvalue weighted by Crippen LogP contribution is -2.19. The maximum absolute atomic E-state index is 12.5. The Hall–Kier alpha value is -2.86. The van der Waals surface area contributed by atoms with Crippen molar-refractivity contribution < 1.29 is 18.7 Å². The molecule has 0 spiro atoms. The van der Waals surface area contributed by atoms with Crippen molar-refractivity contribution in [3.63, 3.8) is 0 Å². The Labute approximate surface area is 230 Å². The molecule has 2 aromatic carbocycles. The Bertz CT molecular complexity index is 1310. The lowest BCUT2D eigenvalue weighted by atomic mass is 9.88. The topological polar surface area (TPSA) is 60.7 Å². The number of thioether (sulfide) groups is 1. The van der Waals surface area contributed by atoms with Gasteiger partial charge in [0.25, 0.3) is 0 Å². The van der Waals surface area contributed by atoms with E-state index in [9.17, 15) is 4.79 Å². The number of allylic oxidation sites excluding steroid dienone is 1. The molecule has 5 rings (SSSR count). The number of carbonyl (C=O) groups excluding carboxylic acids is 1.